The van der Waals surface area contributed by atoms with E-state index in [1.54, 1.807) is 0 Å². The Labute approximate surface area is 116 Å². The van der Waals surface area contributed by atoms with Crippen molar-refractivity contribution in [1.82, 2.24) is 5.32 Å². The molecule has 0 aliphatic heterocycles. The van der Waals surface area contributed by atoms with Crippen LogP contribution >= 0.6 is 0 Å². The highest BCUT2D eigenvalue weighted by Crippen LogP contribution is 2.20. The fraction of sp³-hybridized carbons (Fsp3) is 1.00. The minimum Gasteiger partial charge on any atom is -0.320 e. The van der Waals surface area contributed by atoms with E-state index in [0.29, 0.717) is 0 Å². The van der Waals surface area contributed by atoms with E-state index < -0.39 is 0 Å². The lowest BCUT2D eigenvalue weighted by Gasteiger charge is -2.14. The van der Waals surface area contributed by atoms with Crippen LogP contribution in [0.15, 0.2) is 0 Å². The largest absolute Gasteiger partial charge is 0.320 e. The smallest absolute Gasteiger partial charge is 0.00519 e. The van der Waals surface area contributed by atoms with Crippen molar-refractivity contribution in [2.24, 2.45) is 5.92 Å². The maximum Gasteiger partial charge on any atom is -0.00519 e. The van der Waals surface area contributed by atoms with Gasteiger partial charge < -0.3 is 5.32 Å². The molecule has 0 bridgehead atoms. The average molecular weight is 255 g/mol. The molecule has 0 aromatic rings. The fourth-order valence-electron chi connectivity index (χ4n) is 2.68. The van der Waals surface area contributed by atoms with Crippen molar-refractivity contribution >= 4 is 0 Å². The quantitative estimate of drug-likeness (QED) is 0.402. The molecule has 0 aromatic heterocycles. The Morgan fingerprint density at radius 3 is 1.83 bits per heavy atom. The molecule has 0 fully saturated rings. The standard InChI is InChI=1S/C17H37N/c1-4-6-7-8-9-11-14-17(5-2)15-12-10-13-16-18-3/h17-18H,4-16H2,1-3H3. The lowest BCUT2D eigenvalue weighted by molar-refractivity contribution is 0.394. The highest BCUT2D eigenvalue weighted by Gasteiger charge is 2.05. The van der Waals surface area contributed by atoms with Crippen LogP contribution in [0.5, 0.6) is 0 Å². The molecular formula is C17H37N. The van der Waals surface area contributed by atoms with Crippen LogP contribution in [0.25, 0.3) is 0 Å². The molecule has 0 aromatic carbocycles. The van der Waals surface area contributed by atoms with Crippen LogP contribution in [-0.2, 0) is 0 Å². The highest BCUT2D eigenvalue weighted by molar-refractivity contribution is 4.59. The maximum atomic E-state index is 3.23. The Morgan fingerprint density at radius 2 is 1.28 bits per heavy atom. The third-order valence-corrected chi connectivity index (χ3v) is 4.08. The summed E-state index contributed by atoms with van der Waals surface area (Å²) >= 11 is 0. The van der Waals surface area contributed by atoms with Crippen LogP contribution in [0, 0.1) is 5.92 Å². The summed E-state index contributed by atoms with van der Waals surface area (Å²) in [6.07, 6.45) is 17.2. The second-order valence-electron chi connectivity index (χ2n) is 5.78. The molecule has 1 heteroatoms. The minimum absolute atomic E-state index is 1.01. The molecular weight excluding hydrogens is 218 g/mol. The van der Waals surface area contributed by atoms with Crippen molar-refractivity contribution in [3.63, 3.8) is 0 Å². The molecule has 0 aliphatic carbocycles. The van der Waals surface area contributed by atoms with Crippen LogP contribution < -0.4 is 5.32 Å². The molecule has 1 nitrogen and oxygen atoms in total. The van der Waals surface area contributed by atoms with Crippen LogP contribution in [0.3, 0.4) is 0 Å². The van der Waals surface area contributed by atoms with Crippen molar-refractivity contribution < 1.29 is 0 Å². The SMILES string of the molecule is CCCCCCCCC(CC)CCCCCNC. The third kappa shape index (κ3) is 12.4. The molecule has 0 rings (SSSR count). The molecule has 1 N–H and O–H groups in total. The zero-order valence-electron chi connectivity index (χ0n) is 13.3. The fourth-order valence-corrected chi connectivity index (χ4v) is 2.68. The molecule has 0 heterocycles. The normalized spacial score (nSPS) is 12.8. The van der Waals surface area contributed by atoms with Gasteiger partial charge in [-0.2, -0.15) is 0 Å². The lowest BCUT2D eigenvalue weighted by Crippen LogP contribution is -2.07. The van der Waals surface area contributed by atoms with Crippen molar-refractivity contribution in [3.8, 4) is 0 Å². The van der Waals surface area contributed by atoms with E-state index in [1.165, 1.54) is 83.6 Å². The van der Waals surface area contributed by atoms with Crippen molar-refractivity contribution in [2.75, 3.05) is 13.6 Å². The van der Waals surface area contributed by atoms with Crippen molar-refractivity contribution in [1.29, 1.82) is 0 Å². The van der Waals surface area contributed by atoms with Gasteiger partial charge >= 0.3 is 0 Å². The van der Waals surface area contributed by atoms with Gasteiger partial charge in [0.05, 0.1) is 0 Å². The summed E-state index contributed by atoms with van der Waals surface area (Å²) in [5.74, 6) is 1.01. The van der Waals surface area contributed by atoms with Gasteiger partial charge in [0, 0.05) is 0 Å². The minimum atomic E-state index is 1.01. The van der Waals surface area contributed by atoms with E-state index in [0.717, 1.165) is 5.92 Å². The first kappa shape index (κ1) is 18.0. The van der Waals surface area contributed by atoms with E-state index in [-0.39, 0.29) is 0 Å². The first-order chi connectivity index (χ1) is 8.85. The second-order valence-corrected chi connectivity index (χ2v) is 5.78. The van der Waals surface area contributed by atoms with Gasteiger partial charge in [-0.15, -0.1) is 0 Å². The van der Waals surface area contributed by atoms with Gasteiger partial charge in [-0.05, 0) is 25.9 Å². The van der Waals surface area contributed by atoms with Gasteiger partial charge in [0.1, 0.15) is 0 Å². The topological polar surface area (TPSA) is 12.0 Å². The van der Waals surface area contributed by atoms with Gasteiger partial charge in [-0.3, -0.25) is 0 Å². The molecule has 0 radical (unpaired) electrons. The first-order valence-electron chi connectivity index (χ1n) is 8.49. The summed E-state index contributed by atoms with van der Waals surface area (Å²) in [6, 6.07) is 0. The molecule has 1 atom stereocenters. The van der Waals surface area contributed by atoms with E-state index in [1.807, 2.05) is 7.05 Å². The maximum absolute atomic E-state index is 3.23. The molecule has 0 amide bonds. The second kappa shape index (κ2) is 15.0. The van der Waals surface area contributed by atoms with E-state index in [2.05, 4.69) is 19.2 Å². The highest BCUT2D eigenvalue weighted by atomic mass is 14.8. The van der Waals surface area contributed by atoms with Gasteiger partial charge in [-0.25, -0.2) is 0 Å². The molecule has 0 spiro atoms. The average Bonchev–Trinajstić information content (AvgIpc) is 2.40. The summed E-state index contributed by atoms with van der Waals surface area (Å²) in [4.78, 5) is 0. The summed E-state index contributed by atoms with van der Waals surface area (Å²) < 4.78 is 0. The van der Waals surface area contributed by atoms with Gasteiger partial charge in [0.25, 0.3) is 0 Å². The summed E-state index contributed by atoms with van der Waals surface area (Å²) in [7, 11) is 2.05. The van der Waals surface area contributed by atoms with Gasteiger partial charge in [0.15, 0.2) is 0 Å². The Balaban J connectivity index is 3.29. The van der Waals surface area contributed by atoms with Crippen LogP contribution in [0.1, 0.15) is 90.9 Å². The predicted octanol–water partition coefficient (Wildman–Crippen LogP) is 5.54. The van der Waals surface area contributed by atoms with E-state index in [9.17, 15) is 0 Å². The zero-order chi connectivity index (χ0) is 13.5. The summed E-state index contributed by atoms with van der Waals surface area (Å²) in [5.41, 5.74) is 0. The van der Waals surface area contributed by atoms with Crippen LogP contribution in [-0.4, -0.2) is 13.6 Å². The molecule has 0 saturated carbocycles. The van der Waals surface area contributed by atoms with Crippen LogP contribution in [0.4, 0.5) is 0 Å². The summed E-state index contributed by atoms with van der Waals surface area (Å²) in [5, 5.41) is 3.23. The Hall–Kier alpha value is -0.0400. The van der Waals surface area contributed by atoms with E-state index in [4.69, 9.17) is 0 Å². The Morgan fingerprint density at radius 1 is 0.722 bits per heavy atom. The van der Waals surface area contributed by atoms with Crippen molar-refractivity contribution in [2.45, 2.75) is 90.9 Å². The zero-order valence-corrected chi connectivity index (χ0v) is 13.3. The Kier molecular flexibility index (Phi) is 15.0. The molecule has 110 valence electrons. The summed E-state index contributed by atoms with van der Waals surface area (Å²) in [6.45, 7) is 5.85. The van der Waals surface area contributed by atoms with Crippen molar-refractivity contribution in [3.05, 3.63) is 0 Å². The number of rotatable bonds is 14. The number of unbranched alkanes of at least 4 members (excludes halogenated alkanes) is 7. The van der Waals surface area contributed by atoms with Crippen LogP contribution in [0.2, 0.25) is 0 Å². The Bertz CT molecular complexity index is 145. The number of hydrogen-bond acceptors (Lipinski definition) is 1. The van der Waals surface area contributed by atoms with Gasteiger partial charge in [0.2, 0.25) is 0 Å². The molecule has 1 unspecified atom stereocenters. The lowest BCUT2D eigenvalue weighted by atomic mass is 9.92. The molecule has 0 saturated heterocycles. The number of nitrogens with one attached hydrogen (secondary N) is 1. The molecule has 18 heavy (non-hydrogen) atoms. The first-order valence-corrected chi connectivity index (χ1v) is 8.49. The van der Waals surface area contributed by atoms with Gasteiger partial charge in [-0.1, -0.05) is 84.5 Å². The third-order valence-electron chi connectivity index (χ3n) is 4.08. The molecule has 0 aliphatic rings. The predicted molar refractivity (Wildman–Crippen MR) is 84.2 cm³/mol. The number of hydrogen-bond donors (Lipinski definition) is 1. The van der Waals surface area contributed by atoms with E-state index >= 15 is 0 Å². The monoisotopic (exact) mass is 255 g/mol.